The number of carbonyl (C=O) groups is 2. The maximum Gasteiger partial charge on any atom is 0.414 e. The second-order valence-electron chi connectivity index (χ2n) is 5.11. The molecule has 0 unspecified atom stereocenters. The van der Waals surface area contributed by atoms with Gasteiger partial charge in [0.05, 0.1) is 11.3 Å². The summed E-state index contributed by atoms with van der Waals surface area (Å²) in [6.07, 6.45) is -0.567. The zero-order valence-corrected chi connectivity index (χ0v) is 13.2. The second kappa shape index (κ2) is 7.45. The fourth-order valence-corrected chi connectivity index (χ4v) is 2.25. The molecule has 0 aromatic heterocycles. The molecule has 0 aliphatic heterocycles. The van der Waals surface area contributed by atoms with Crippen molar-refractivity contribution in [3.05, 3.63) is 65.2 Å². The molecule has 0 fully saturated rings. The van der Waals surface area contributed by atoms with Crippen molar-refractivity contribution >= 4 is 17.7 Å². The van der Waals surface area contributed by atoms with E-state index in [-0.39, 0.29) is 12.2 Å². The van der Waals surface area contributed by atoms with Crippen LogP contribution < -0.4 is 4.90 Å². The first kappa shape index (κ1) is 16.5. The molecule has 0 radical (unpaired) electrons. The Bertz CT molecular complexity index is 697. The van der Waals surface area contributed by atoms with Crippen LogP contribution in [0.2, 0.25) is 0 Å². The van der Waals surface area contributed by atoms with E-state index in [0.717, 1.165) is 11.1 Å². The molecule has 0 aliphatic rings. The molecule has 0 saturated carbocycles. The third-order valence-corrected chi connectivity index (χ3v) is 3.42. The van der Waals surface area contributed by atoms with Crippen molar-refractivity contribution in [1.29, 1.82) is 0 Å². The molecule has 2 aromatic carbocycles. The molecular weight excluding hydrogens is 294 g/mol. The SMILES string of the molecule is CCN(C(=O)OCc1ccccc1)c1ccc(C)cc1C(=O)O. The fraction of sp³-hybridized carbons (Fsp3) is 0.222. The Kier molecular flexibility index (Phi) is 5.36. The Morgan fingerprint density at radius 3 is 2.43 bits per heavy atom. The van der Waals surface area contributed by atoms with Gasteiger partial charge in [0, 0.05) is 6.54 Å². The van der Waals surface area contributed by atoms with Gasteiger partial charge >= 0.3 is 12.1 Å². The van der Waals surface area contributed by atoms with Crippen molar-refractivity contribution in [3.8, 4) is 0 Å². The number of carbonyl (C=O) groups excluding carboxylic acids is 1. The van der Waals surface area contributed by atoms with E-state index in [1.807, 2.05) is 30.3 Å². The van der Waals surface area contributed by atoms with Crippen LogP contribution in [0.3, 0.4) is 0 Å². The average molecular weight is 313 g/mol. The van der Waals surface area contributed by atoms with E-state index in [2.05, 4.69) is 0 Å². The second-order valence-corrected chi connectivity index (χ2v) is 5.11. The molecule has 2 aromatic rings. The third-order valence-electron chi connectivity index (χ3n) is 3.42. The molecule has 120 valence electrons. The molecule has 0 aliphatic carbocycles. The van der Waals surface area contributed by atoms with E-state index >= 15 is 0 Å². The van der Waals surface area contributed by atoms with Gasteiger partial charge in [0.2, 0.25) is 0 Å². The minimum Gasteiger partial charge on any atom is -0.478 e. The first-order valence-corrected chi connectivity index (χ1v) is 7.35. The summed E-state index contributed by atoms with van der Waals surface area (Å²) in [6.45, 7) is 4.04. The fourth-order valence-electron chi connectivity index (χ4n) is 2.25. The molecule has 2 rings (SSSR count). The third kappa shape index (κ3) is 4.10. The van der Waals surface area contributed by atoms with Crippen LogP contribution in [-0.2, 0) is 11.3 Å². The monoisotopic (exact) mass is 313 g/mol. The minimum absolute atomic E-state index is 0.0866. The number of benzene rings is 2. The van der Waals surface area contributed by atoms with E-state index in [4.69, 9.17) is 4.74 Å². The lowest BCUT2D eigenvalue weighted by molar-refractivity contribution is 0.0697. The normalized spacial score (nSPS) is 10.2. The van der Waals surface area contributed by atoms with Crippen molar-refractivity contribution in [1.82, 2.24) is 0 Å². The zero-order chi connectivity index (χ0) is 16.8. The number of hydrogen-bond acceptors (Lipinski definition) is 3. The summed E-state index contributed by atoms with van der Waals surface area (Å²) in [4.78, 5) is 25.1. The highest BCUT2D eigenvalue weighted by molar-refractivity contribution is 6.00. The lowest BCUT2D eigenvalue weighted by atomic mass is 10.1. The van der Waals surface area contributed by atoms with E-state index in [0.29, 0.717) is 12.2 Å². The van der Waals surface area contributed by atoms with Crippen LogP contribution in [0.25, 0.3) is 0 Å². The molecule has 0 bridgehead atoms. The van der Waals surface area contributed by atoms with Gasteiger partial charge in [-0.05, 0) is 31.5 Å². The maximum atomic E-state index is 12.3. The number of rotatable bonds is 5. The largest absolute Gasteiger partial charge is 0.478 e. The predicted molar refractivity (Wildman–Crippen MR) is 87.8 cm³/mol. The smallest absolute Gasteiger partial charge is 0.414 e. The Morgan fingerprint density at radius 2 is 1.83 bits per heavy atom. The summed E-state index contributed by atoms with van der Waals surface area (Å²) < 4.78 is 5.29. The van der Waals surface area contributed by atoms with Crippen LogP contribution in [-0.4, -0.2) is 23.7 Å². The molecule has 5 nitrogen and oxygen atoms in total. The van der Waals surface area contributed by atoms with Gasteiger partial charge in [-0.15, -0.1) is 0 Å². The maximum absolute atomic E-state index is 12.3. The van der Waals surface area contributed by atoms with Gasteiger partial charge in [0.15, 0.2) is 0 Å². The van der Waals surface area contributed by atoms with E-state index in [1.165, 1.54) is 4.90 Å². The lowest BCUT2D eigenvalue weighted by Gasteiger charge is -2.22. The summed E-state index contributed by atoms with van der Waals surface area (Å²) in [7, 11) is 0. The predicted octanol–water partition coefficient (Wildman–Crippen LogP) is 3.86. The van der Waals surface area contributed by atoms with Gasteiger partial charge in [0.1, 0.15) is 6.61 Å². The number of amides is 1. The van der Waals surface area contributed by atoms with Crippen molar-refractivity contribution in [2.75, 3.05) is 11.4 Å². The summed E-state index contributed by atoms with van der Waals surface area (Å²) in [6, 6.07) is 14.3. The number of carboxylic acids is 1. The van der Waals surface area contributed by atoms with Crippen molar-refractivity contribution in [2.45, 2.75) is 20.5 Å². The highest BCUT2D eigenvalue weighted by Gasteiger charge is 2.21. The number of nitrogens with zero attached hydrogens (tertiary/aromatic N) is 1. The molecular formula is C18H19NO4. The van der Waals surface area contributed by atoms with Gasteiger partial charge in [0.25, 0.3) is 0 Å². The van der Waals surface area contributed by atoms with E-state index in [9.17, 15) is 14.7 Å². The summed E-state index contributed by atoms with van der Waals surface area (Å²) in [5, 5.41) is 9.35. The highest BCUT2D eigenvalue weighted by Crippen LogP contribution is 2.23. The molecule has 0 atom stereocenters. The quantitative estimate of drug-likeness (QED) is 0.910. The summed E-state index contributed by atoms with van der Waals surface area (Å²) in [5.74, 6) is -1.07. The molecule has 23 heavy (non-hydrogen) atoms. The Balaban J connectivity index is 2.19. The number of anilines is 1. The van der Waals surface area contributed by atoms with Crippen molar-refractivity contribution in [2.24, 2.45) is 0 Å². The molecule has 0 spiro atoms. The Hall–Kier alpha value is -2.82. The van der Waals surface area contributed by atoms with Crippen molar-refractivity contribution < 1.29 is 19.4 Å². The van der Waals surface area contributed by atoms with Crippen LogP contribution >= 0.6 is 0 Å². The molecule has 1 N–H and O–H groups in total. The number of aryl methyl sites for hydroxylation is 1. The van der Waals surface area contributed by atoms with Gasteiger partial charge in [-0.1, -0.05) is 42.0 Å². The van der Waals surface area contributed by atoms with Crippen molar-refractivity contribution in [3.63, 3.8) is 0 Å². The van der Waals surface area contributed by atoms with Gasteiger partial charge < -0.3 is 9.84 Å². The van der Waals surface area contributed by atoms with Crippen LogP contribution in [0.15, 0.2) is 48.5 Å². The molecule has 1 amide bonds. The van der Waals surface area contributed by atoms with Crippen LogP contribution in [0, 0.1) is 6.92 Å². The number of hydrogen-bond donors (Lipinski definition) is 1. The minimum atomic E-state index is -1.07. The van der Waals surface area contributed by atoms with E-state index < -0.39 is 12.1 Å². The van der Waals surface area contributed by atoms with E-state index in [1.54, 1.807) is 32.0 Å². The standard InChI is InChI=1S/C18H19NO4/c1-3-19(16-10-9-13(2)11-15(16)17(20)21)18(22)23-12-14-7-5-4-6-8-14/h4-11H,3,12H2,1-2H3,(H,20,21). The average Bonchev–Trinajstić information content (AvgIpc) is 2.55. The molecule has 0 saturated heterocycles. The number of carboxylic acid groups (broad SMARTS) is 1. The van der Waals surface area contributed by atoms with Crippen LogP contribution in [0.1, 0.15) is 28.4 Å². The molecule has 0 heterocycles. The van der Waals surface area contributed by atoms with Crippen LogP contribution in [0.5, 0.6) is 0 Å². The molecule has 5 heteroatoms. The summed E-state index contributed by atoms with van der Waals surface area (Å²) in [5.41, 5.74) is 2.12. The lowest BCUT2D eigenvalue weighted by Crippen LogP contribution is -2.32. The number of ether oxygens (including phenoxy) is 1. The van der Waals surface area contributed by atoms with Gasteiger partial charge in [-0.3, -0.25) is 4.90 Å². The van der Waals surface area contributed by atoms with Crippen LogP contribution in [0.4, 0.5) is 10.5 Å². The Morgan fingerprint density at radius 1 is 1.13 bits per heavy atom. The zero-order valence-electron chi connectivity index (χ0n) is 13.2. The van der Waals surface area contributed by atoms with Gasteiger partial charge in [-0.2, -0.15) is 0 Å². The first-order valence-electron chi connectivity index (χ1n) is 7.35. The highest BCUT2D eigenvalue weighted by atomic mass is 16.6. The summed E-state index contributed by atoms with van der Waals surface area (Å²) >= 11 is 0. The number of aromatic carboxylic acids is 1. The van der Waals surface area contributed by atoms with Gasteiger partial charge in [-0.25, -0.2) is 9.59 Å². The topological polar surface area (TPSA) is 66.8 Å². The first-order chi connectivity index (χ1) is 11.0. The Labute approximate surface area is 135 Å².